The summed E-state index contributed by atoms with van der Waals surface area (Å²) >= 11 is 4.91. The third-order valence-corrected chi connectivity index (χ3v) is 7.56. The van der Waals surface area contributed by atoms with Gasteiger partial charge in [0.15, 0.2) is 4.34 Å². The predicted octanol–water partition coefficient (Wildman–Crippen LogP) is 4.53. The van der Waals surface area contributed by atoms with E-state index in [-0.39, 0.29) is 12.4 Å². The zero-order valence-corrected chi connectivity index (χ0v) is 17.1. The molecule has 3 aromatic heterocycles. The van der Waals surface area contributed by atoms with Gasteiger partial charge in [-0.05, 0) is 49.4 Å². The predicted molar refractivity (Wildman–Crippen MR) is 105 cm³/mol. The standard InChI is InChI=1S/C18H19N3O2S3/c1-3-23-14(22)7-11-8-24-18(21-11)26-17-15-12-5-4-10(2)6-13(12)25-16(15)19-9-20-17/h8-10H,3-7H2,1-2H3. The molecule has 0 N–H and O–H groups in total. The average Bonchev–Trinajstić information content (AvgIpc) is 3.19. The van der Waals surface area contributed by atoms with Gasteiger partial charge in [-0.25, -0.2) is 15.0 Å². The summed E-state index contributed by atoms with van der Waals surface area (Å²) in [6.07, 6.45) is 5.32. The number of hydrogen-bond acceptors (Lipinski definition) is 8. The number of aromatic nitrogens is 3. The number of carbonyl (C=O) groups excluding carboxylic acids is 1. The Kier molecular flexibility index (Phi) is 5.24. The third-order valence-electron chi connectivity index (χ3n) is 4.40. The second kappa shape index (κ2) is 7.62. The van der Waals surface area contributed by atoms with Crippen molar-refractivity contribution in [2.75, 3.05) is 6.61 Å². The van der Waals surface area contributed by atoms with E-state index in [1.165, 1.54) is 22.2 Å². The smallest absolute Gasteiger partial charge is 0.311 e. The van der Waals surface area contributed by atoms with Crippen molar-refractivity contribution in [2.24, 2.45) is 5.92 Å². The lowest BCUT2D eigenvalue weighted by atomic mass is 9.89. The number of thiazole rings is 1. The molecule has 3 heterocycles. The van der Waals surface area contributed by atoms with Gasteiger partial charge in [-0.2, -0.15) is 0 Å². The van der Waals surface area contributed by atoms with Crippen LogP contribution in [0.15, 0.2) is 21.1 Å². The van der Waals surface area contributed by atoms with Crippen LogP contribution >= 0.6 is 34.4 Å². The molecule has 0 radical (unpaired) electrons. The van der Waals surface area contributed by atoms with E-state index in [1.54, 1.807) is 40.8 Å². The highest BCUT2D eigenvalue weighted by Crippen LogP contribution is 2.42. The van der Waals surface area contributed by atoms with Crippen molar-refractivity contribution in [3.8, 4) is 0 Å². The van der Waals surface area contributed by atoms with Gasteiger partial charge < -0.3 is 4.74 Å². The first-order valence-electron chi connectivity index (χ1n) is 8.67. The summed E-state index contributed by atoms with van der Waals surface area (Å²) in [5, 5.41) is 4.09. The van der Waals surface area contributed by atoms with Crippen LogP contribution in [-0.4, -0.2) is 27.5 Å². The second-order valence-electron chi connectivity index (χ2n) is 6.40. The summed E-state index contributed by atoms with van der Waals surface area (Å²) in [6.45, 7) is 4.52. The third kappa shape index (κ3) is 3.63. The first-order chi connectivity index (χ1) is 12.6. The zero-order valence-electron chi connectivity index (χ0n) is 14.7. The molecular weight excluding hydrogens is 386 g/mol. The lowest BCUT2D eigenvalue weighted by Gasteiger charge is -2.17. The molecular formula is C18H19N3O2S3. The molecule has 0 spiro atoms. The molecule has 0 saturated carbocycles. The average molecular weight is 406 g/mol. The van der Waals surface area contributed by atoms with E-state index in [0.29, 0.717) is 6.61 Å². The molecule has 0 saturated heterocycles. The number of carbonyl (C=O) groups is 1. The summed E-state index contributed by atoms with van der Waals surface area (Å²) in [5.74, 6) is 0.504. The molecule has 8 heteroatoms. The van der Waals surface area contributed by atoms with Crippen molar-refractivity contribution in [3.63, 3.8) is 0 Å². The van der Waals surface area contributed by atoms with Gasteiger partial charge in [0.2, 0.25) is 0 Å². The van der Waals surface area contributed by atoms with Gasteiger partial charge in [-0.3, -0.25) is 4.79 Å². The van der Waals surface area contributed by atoms with Gasteiger partial charge in [0.05, 0.1) is 18.7 Å². The Labute approximate surface area is 164 Å². The highest BCUT2D eigenvalue weighted by molar-refractivity contribution is 8.01. The molecule has 26 heavy (non-hydrogen) atoms. The number of esters is 1. The normalized spacial score (nSPS) is 16.6. The summed E-state index contributed by atoms with van der Waals surface area (Å²) in [6, 6.07) is 0. The summed E-state index contributed by atoms with van der Waals surface area (Å²) in [7, 11) is 0. The van der Waals surface area contributed by atoms with Crippen molar-refractivity contribution in [1.29, 1.82) is 0 Å². The number of hydrogen-bond donors (Lipinski definition) is 0. The zero-order chi connectivity index (χ0) is 18.1. The Hall–Kier alpha value is -1.51. The van der Waals surface area contributed by atoms with E-state index in [4.69, 9.17) is 4.74 Å². The van der Waals surface area contributed by atoms with E-state index in [1.807, 2.05) is 12.3 Å². The largest absolute Gasteiger partial charge is 0.466 e. The first-order valence-corrected chi connectivity index (χ1v) is 11.2. The van der Waals surface area contributed by atoms with Crippen LogP contribution in [0.2, 0.25) is 0 Å². The fourth-order valence-corrected chi connectivity index (χ4v) is 6.46. The summed E-state index contributed by atoms with van der Waals surface area (Å²) in [4.78, 5) is 27.8. The number of ether oxygens (including phenoxy) is 1. The van der Waals surface area contributed by atoms with E-state index in [0.717, 1.165) is 38.6 Å². The Balaban J connectivity index is 1.60. The topological polar surface area (TPSA) is 65.0 Å². The van der Waals surface area contributed by atoms with Crippen LogP contribution in [0.4, 0.5) is 0 Å². The Morgan fingerprint density at radius 3 is 3.15 bits per heavy atom. The number of fused-ring (bicyclic) bond motifs is 3. The fraction of sp³-hybridized carbons (Fsp3) is 0.444. The molecule has 1 atom stereocenters. The molecule has 0 aliphatic heterocycles. The SMILES string of the molecule is CCOC(=O)Cc1csc(Sc2ncnc3sc4c(c23)CCC(C)C4)n1. The molecule has 0 fully saturated rings. The first kappa shape index (κ1) is 17.9. The van der Waals surface area contributed by atoms with Crippen LogP contribution in [0.3, 0.4) is 0 Å². The van der Waals surface area contributed by atoms with Crippen LogP contribution in [0.1, 0.15) is 36.4 Å². The van der Waals surface area contributed by atoms with E-state index >= 15 is 0 Å². The van der Waals surface area contributed by atoms with Gasteiger partial charge in [0.25, 0.3) is 0 Å². The number of nitrogens with zero attached hydrogens (tertiary/aromatic N) is 3. The van der Waals surface area contributed by atoms with Crippen molar-refractivity contribution in [1.82, 2.24) is 15.0 Å². The minimum Gasteiger partial charge on any atom is -0.466 e. The second-order valence-corrected chi connectivity index (χ2v) is 9.58. The van der Waals surface area contributed by atoms with E-state index in [9.17, 15) is 4.79 Å². The number of rotatable bonds is 5. The molecule has 0 aromatic carbocycles. The molecule has 4 rings (SSSR count). The van der Waals surface area contributed by atoms with Gasteiger partial charge in [-0.1, -0.05) is 6.92 Å². The van der Waals surface area contributed by atoms with Crippen LogP contribution in [0, 0.1) is 5.92 Å². The Morgan fingerprint density at radius 2 is 2.31 bits per heavy atom. The van der Waals surface area contributed by atoms with Gasteiger partial charge in [0, 0.05) is 15.6 Å². The Bertz CT molecular complexity index is 950. The summed E-state index contributed by atoms with van der Waals surface area (Å²) in [5.41, 5.74) is 2.18. The van der Waals surface area contributed by atoms with Gasteiger partial charge >= 0.3 is 5.97 Å². The molecule has 136 valence electrons. The maximum atomic E-state index is 11.6. The van der Waals surface area contributed by atoms with Crippen LogP contribution < -0.4 is 0 Å². The van der Waals surface area contributed by atoms with Crippen molar-refractivity contribution in [2.45, 2.75) is 48.9 Å². The molecule has 5 nitrogen and oxygen atoms in total. The molecule has 1 aliphatic rings. The number of aryl methyl sites for hydroxylation is 1. The summed E-state index contributed by atoms with van der Waals surface area (Å²) < 4.78 is 5.89. The Morgan fingerprint density at radius 1 is 1.42 bits per heavy atom. The molecule has 1 unspecified atom stereocenters. The van der Waals surface area contributed by atoms with Gasteiger partial charge in [-0.15, -0.1) is 22.7 Å². The molecule has 0 amide bonds. The molecule has 3 aromatic rings. The lowest BCUT2D eigenvalue weighted by Crippen LogP contribution is -2.08. The van der Waals surface area contributed by atoms with Crippen molar-refractivity contribution in [3.05, 3.63) is 27.8 Å². The number of thiophene rings is 1. The maximum absolute atomic E-state index is 11.6. The highest BCUT2D eigenvalue weighted by Gasteiger charge is 2.23. The van der Waals surface area contributed by atoms with Crippen molar-refractivity contribution < 1.29 is 9.53 Å². The monoisotopic (exact) mass is 405 g/mol. The van der Waals surface area contributed by atoms with Crippen LogP contribution in [0.25, 0.3) is 10.2 Å². The van der Waals surface area contributed by atoms with E-state index < -0.39 is 0 Å². The van der Waals surface area contributed by atoms with Crippen LogP contribution in [0.5, 0.6) is 0 Å². The van der Waals surface area contributed by atoms with Crippen LogP contribution in [-0.2, 0) is 28.8 Å². The van der Waals surface area contributed by atoms with E-state index in [2.05, 4.69) is 21.9 Å². The quantitative estimate of drug-likeness (QED) is 0.459. The molecule has 0 bridgehead atoms. The van der Waals surface area contributed by atoms with Gasteiger partial charge in [0.1, 0.15) is 16.2 Å². The fourth-order valence-electron chi connectivity index (χ4n) is 3.18. The maximum Gasteiger partial charge on any atom is 0.311 e. The van der Waals surface area contributed by atoms with Crippen molar-refractivity contribution >= 4 is 50.6 Å². The molecule has 1 aliphatic carbocycles. The minimum atomic E-state index is -0.236. The minimum absolute atomic E-state index is 0.218. The highest BCUT2D eigenvalue weighted by atomic mass is 32.2. The lowest BCUT2D eigenvalue weighted by molar-refractivity contribution is -0.142.